The Morgan fingerprint density at radius 1 is 0.389 bits per heavy atom. The molecule has 0 fully saturated rings. The van der Waals surface area contributed by atoms with Gasteiger partial charge < -0.3 is 0 Å². The molecule has 0 N–H and O–H groups in total. The molecule has 3 heteroatoms. The fourth-order valence-corrected chi connectivity index (χ4v) is 9.26. The first-order valence-electron chi connectivity index (χ1n) is 12.1. The van der Waals surface area contributed by atoms with Crippen molar-refractivity contribution in [1.82, 2.24) is 4.98 Å². The number of aromatic nitrogens is 1. The Hall–Kier alpha value is -3.63. The van der Waals surface area contributed by atoms with Gasteiger partial charge in [0, 0.05) is 21.2 Å². The standard InChI is InChI=1S/C33H25NP2/c1-5-16-27(17-6-1)35(28-18-7-2-8-19-28)32-25-26-15-13-14-24-31(26)33(34-32)36(29-20-9-3-10-21-29)30-22-11-4-12-23-30/h1-25H. The van der Waals surface area contributed by atoms with E-state index in [4.69, 9.17) is 4.98 Å². The van der Waals surface area contributed by atoms with Crippen LogP contribution in [0, 0.1) is 0 Å². The van der Waals surface area contributed by atoms with E-state index in [2.05, 4.69) is 152 Å². The minimum absolute atomic E-state index is 0.799. The summed E-state index contributed by atoms with van der Waals surface area (Å²) in [5, 5.41) is 7.74. The monoisotopic (exact) mass is 497 g/mol. The van der Waals surface area contributed by atoms with Crippen LogP contribution < -0.4 is 32.1 Å². The Morgan fingerprint density at radius 3 is 1.25 bits per heavy atom. The molecule has 36 heavy (non-hydrogen) atoms. The number of hydrogen-bond acceptors (Lipinski definition) is 1. The van der Waals surface area contributed by atoms with Crippen molar-refractivity contribution in [2.45, 2.75) is 0 Å². The number of fused-ring (bicyclic) bond motifs is 1. The molecule has 1 aromatic heterocycles. The number of hydrogen-bond donors (Lipinski definition) is 0. The first kappa shape index (κ1) is 22.8. The molecule has 0 aliphatic heterocycles. The van der Waals surface area contributed by atoms with E-state index >= 15 is 0 Å². The Labute approximate surface area is 215 Å². The largest absolute Gasteiger partial charge is 0.246 e. The zero-order valence-corrected chi connectivity index (χ0v) is 21.6. The first-order valence-corrected chi connectivity index (χ1v) is 14.8. The van der Waals surface area contributed by atoms with Gasteiger partial charge in [-0.3, -0.25) is 0 Å². The smallest absolute Gasteiger partial charge is 0.0806 e. The molecule has 0 atom stereocenters. The van der Waals surface area contributed by atoms with Gasteiger partial charge in [-0.25, -0.2) is 4.98 Å². The first-order chi connectivity index (χ1) is 17.9. The lowest BCUT2D eigenvalue weighted by Gasteiger charge is -2.24. The average Bonchev–Trinajstić information content (AvgIpc) is 2.96. The van der Waals surface area contributed by atoms with Crippen LogP contribution in [0.15, 0.2) is 152 Å². The van der Waals surface area contributed by atoms with E-state index < -0.39 is 15.8 Å². The fraction of sp³-hybridized carbons (Fsp3) is 0. The molecule has 1 heterocycles. The van der Waals surface area contributed by atoms with E-state index in [1.165, 1.54) is 37.4 Å². The predicted molar refractivity (Wildman–Crippen MR) is 159 cm³/mol. The van der Waals surface area contributed by atoms with E-state index in [0.717, 1.165) is 5.44 Å². The minimum atomic E-state index is -0.825. The van der Waals surface area contributed by atoms with E-state index in [-0.39, 0.29) is 0 Å². The highest BCUT2D eigenvalue weighted by atomic mass is 31.1. The van der Waals surface area contributed by atoms with Crippen LogP contribution in [0.3, 0.4) is 0 Å². The maximum absolute atomic E-state index is 5.56. The van der Waals surface area contributed by atoms with Gasteiger partial charge in [0.25, 0.3) is 0 Å². The summed E-state index contributed by atoms with van der Waals surface area (Å²) in [5.41, 5.74) is 2.32. The zero-order chi connectivity index (χ0) is 24.2. The van der Waals surface area contributed by atoms with Crippen molar-refractivity contribution in [3.63, 3.8) is 0 Å². The molecule has 5 aromatic carbocycles. The van der Waals surface area contributed by atoms with Gasteiger partial charge in [-0.1, -0.05) is 146 Å². The van der Waals surface area contributed by atoms with Crippen LogP contribution in [-0.2, 0) is 0 Å². The average molecular weight is 498 g/mol. The highest BCUT2D eigenvalue weighted by Gasteiger charge is 2.24. The van der Waals surface area contributed by atoms with Crippen LogP contribution in [0.5, 0.6) is 0 Å². The lowest BCUT2D eigenvalue weighted by Crippen LogP contribution is -2.30. The summed E-state index contributed by atoms with van der Waals surface area (Å²) < 4.78 is 0. The second-order valence-corrected chi connectivity index (χ2v) is 12.8. The maximum Gasteiger partial charge on any atom is 0.0806 e. The number of benzene rings is 5. The van der Waals surface area contributed by atoms with Gasteiger partial charge in [-0.05, 0) is 32.7 Å². The molecule has 0 aliphatic rings. The normalized spacial score (nSPS) is 11.3. The minimum Gasteiger partial charge on any atom is -0.246 e. The van der Waals surface area contributed by atoms with Gasteiger partial charge in [-0.15, -0.1) is 0 Å². The van der Waals surface area contributed by atoms with Crippen molar-refractivity contribution in [2.75, 3.05) is 0 Å². The number of nitrogens with zero attached hydrogens (tertiary/aromatic N) is 1. The molecule has 6 rings (SSSR count). The van der Waals surface area contributed by atoms with Crippen molar-refractivity contribution < 1.29 is 0 Å². The highest BCUT2D eigenvalue weighted by molar-refractivity contribution is 7.81. The van der Waals surface area contributed by atoms with Crippen molar-refractivity contribution in [2.24, 2.45) is 0 Å². The molecular formula is C33H25NP2. The molecule has 1 nitrogen and oxygen atoms in total. The van der Waals surface area contributed by atoms with E-state index in [1.807, 2.05) is 0 Å². The lowest BCUT2D eigenvalue weighted by molar-refractivity contribution is 1.49. The van der Waals surface area contributed by atoms with E-state index in [0.29, 0.717) is 0 Å². The van der Waals surface area contributed by atoms with Crippen LogP contribution in [0.25, 0.3) is 10.8 Å². The van der Waals surface area contributed by atoms with Crippen LogP contribution in [0.4, 0.5) is 0 Å². The van der Waals surface area contributed by atoms with Gasteiger partial charge in [-0.2, -0.15) is 0 Å². The summed E-state index contributed by atoms with van der Waals surface area (Å²) in [6, 6.07) is 54.5. The van der Waals surface area contributed by atoms with Crippen molar-refractivity contribution in [3.8, 4) is 0 Å². The Morgan fingerprint density at radius 2 is 0.778 bits per heavy atom. The van der Waals surface area contributed by atoms with E-state index in [9.17, 15) is 0 Å². The molecular weight excluding hydrogens is 472 g/mol. The van der Waals surface area contributed by atoms with Crippen molar-refractivity contribution in [3.05, 3.63) is 152 Å². The molecule has 6 aromatic rings. The summed E-state index contributed by atoms with van der Waals surface area (Å²) in [6.45, 7) is 0. The molecule has 0 bridgehead atoms. The fourth-order valence-electron chi connectivity index (χ4n) is 4.57. The summed E-state index contributed by atoms with van der Waals surface area (Å²) in [4.78, 5) is 5.56. The second kappa shape index (κ2) is 10.5. The van der Waals surface area contributed by atoms with Crippen LogP contribution in [-0.4, -0.2) is 4.98 Å². The van der Waals surface area contributed by atoms with Gasteiger partial charge in [0.15, 0.2) is 0 Å². The third-order valence-electron chi connectivity index (χ3n) is 6.21. The lowest BCUT2D eigenvalue weighted by atomic mass is 10.2. The molecule has 172 valence electrons. The zero-order valence-electron chi connectivity index (χ0n) is 19.8. The maximum atomic E-state index is 5.56. The molecule has 0 unspecified atom stereocenters. The Balaban J connectivity index is 1.64. The van der Waals surface area contributed by atoms with Gasteiger partial charge in [0.2, 0.25) is 0 Å². The number of rotatable bonds is 6. The molecule has 0 saturated heterocycles. The Kier molecular flexibility index (Phi) is 6.68. The molecule has 0 radical (unpaired) electrons. The Bertz CT molecular complexity index is 1490. The van der Waals surface area contributed by atoms with Crippen molar-refractivity contribution in [1.29, 1.82) is 0 Å². The molecule has 0 spiro atoms. The van der Waals surface area contributed by atoms with Crippen LogP contribution >= 0.6 is 15.8 Å². The topological polar surface area (TPSA) is 12.9 Å². The van der Waals surface area contributed by atoms with Gasteiger partial charge in [0.1, 0.15) is 0 Å². The van der Waals surface area contributed by atoms with Crippen molar-refractivity contribution >= 4 is 58.7 Å². The molecule has 0 aliphatic carbocycles. The summed E-state index contributed by atoms with van der Waals surface area (Å²) in [6.07, 6.45) is 0. The number of pyridine rings is 1. The quantitative estimate of drug-likeness (QED) is 0.267. The van der Waals surface area contributed by atoms with Gasteiger partial charge >= 0.3 is 0 Å². The third kappa shape index (κ3) is 4.61. The SMILES string of the molecule is c1ccc(P(c2ccccc2)c2cc3ccccc3c(P(c3ccccc3)c3ccccc3)n2)cc1. The molecule has 0 amide bonds. The summed E-state index contributed by atoms with van der Waals surface area (Å²) in [5.74, 6) is 0. The third-order valence-corrected chi connectivity index (χ3v) is 10.9. The summed E-state index contributed by atoms with van der Waals surface area (Å²) in [7, 11) is -1.62. The van der Waals surface area contributed by atoms with Gasteiger partial charge in [0.05, 0.1) is 10.9 Å². The van der Waals surface area contributed by atoms with E-state index in [1.54, 1.807) is 0 Å². The predicted octanol–water partition coefficient (Wildman–Crippen LogP) is 5.75. The van der Waals surface area contributed by atoms with Crippen LogP contribution in [0.1, 0.15) is 0 Å². The molecule has 0 saturated carbocycles. The second-order valence-electron chi connectivity index (χ2n) is 8.54. The van der Waals surface area contributed by atoms with Crippen LogP contribution in [0.2, 0.25) is 0 Å². The summed E-state index contributed by atoms with van der Waals surface area (Å²) >= 11 is 0. The highest BCUT2D eigenvalue weighted by Crippen LogP contribution is 2.37.